The molecule has 2 N–H and O–H groups in total. The van der Waals surface area contributed by atoms with Crippen LogP contribution in [-0.2, 0) is 35.2 Å². The van der Waals surface area contributed by atoms with Crippen molar-refractivity contribution in [3.05, 3.63) is 124 Å². The van der Waals surface area contributed by atoms with Crippen molar-refractivity contribution in [1.82, 2.24) is 4.98 Å². The van der Waals surface area contributed by atoms with E-state index >= 15 is 0 Å². The number of carbonyl (C=O) groups excluding carboxylic acids is 2. The Morgan fingerprint density at radius 1 is 0.778 bits per heavy atom. The summed E-state index contributed by atoms with van der Waals surface area (Å²) in [5.41, 5.74) is 9.31. The highest BCUT2D eigenvalue weighted by molar-refractivity contribution is 6.10. The van der Waals surface area contributed by atoms with Crippen LogP contribution in [0.5, 0.6) is 0 Å². The van der Waals surface area contributed by atoms with Gasteiger partial charge in [-0.05, 0) is 103 Å². The van der Waals surface area contributed by atoms with Crippen LogP contribution in [0.15, 0.2) is 78.9 Å². The number of esters is 1. The Balaban J connectivity index is 1.52. The van der Waals surface area contributed by atoms with Gasteiger partial charge in [-0.3, -0.25) is 9.59 Å². The van der Waals surface area contributed by atoms with E-state index in [1.165, 1.54) is 22.3 Å². The molecule has 0 amide bonds. The molecule has 1 aromatic heterocycles. The molecule has 0 radical (unpaired) electrons. The number of benzene rings is 3. The van der Waals surface area contributed by atoms with E-state index in [1.807, 2.05) is 44.2 Å². The zero-order valence-corrected chi connectivity index (χ0v) is 27.9. The molecule has 0 aliphatic rings. The van der Waals surface area contributed by atoms with Crippen molar-refractivity contribution in [2.24, 2.45) is 11.8 Å². The van der Waals surface area contributed by atoms with Gasteiger partial charge in [0.1, 0.15) is 0 Å². The van der Waals surface area contributed by atoms with Crippen molar-refractivity contribution >= 4 is 17.4 Å². The van der Waals surface area contributed by atoms with Gasteiger partial charge in [-0.2, -0.15) is 0 Å². The van der Waals surface area contributed by atoms with E-state index in [-0.39, 0.29) is 17.8 Å². The zero-order chi connectivity index (χ0) is 32.3. The molecule has 238 valence electrons. The molecule has 0 bridgehead atoms. The largest absolute Gasteiger partial charge is 0.466 e. The van der Waals surface area contributed by atoms with E-state index in [2.05, 4.69) is 86.5 Å². The van der Waals surface area contributed by atoms with Gasteiger partial charge in [0.2, 0.25) is 0 Å². The lowest BCUT2D eigenvalue weighted by Gasteiger charge is -2.22. The molecule has 0 saturated carbocycles. The summed E-state index contributed by atoms with van der Waals surface area (Å²) < 4.78 is 5.04. The topological polar surface area (TPSA) is 71.2 Å². The lowest BCUT2D eigenvalue weighted by molar-refractivity contribution is -0.143. The van der Waals surface area contributed by atoms with Gasteiger partial charge in [-0.25, -0.2) is 0 Å². The number of H-pyrrole nitrogens is 1. The normalized spacial score (nSPS) is 11.4. The van der Waals surface area contributed by atoms with E-state index in [1.54, 1.807) is 0 Å². The number of carbonyl (C=O) groups is 2. The zero-order valence-electron chi connectivity index (χ0n) is 27.9. The minimum Gasteiger partial charge on any atom is -0.466 e. The van der Waals surface area contributed by atoms with Crippen LogP contribution < -0.4 is 5.32 Å². The third-order valence-corrected chi connectivity index (χ3v) is 8.06. The summed E-state index contributed by atoms with van der Waals surface area (Å²) in [4.78, 5) is 28.7. The summed E-state index contributed by atoms with van der Waals surface area (Å²) in [6, 6.07) is 27.6. The smallest absolute Gasteiger partial charge is 0.305 e. The molecule has 5 heteroatoms. The third kappa shape index (κ3) is 9.68. The van der Waals surface area contributed by atoms with Crippen molar-refractivity contribution in [2.75, 3.05) is 11.9 Å². The van der Waals surface area contributed by atoms with Gasteiger partial charge in [0.05, 0.1) is 12.6 Å². The maximum atomic E-state index is 13.6. The van der Waals surface area contributed by atoms with Gasteiger partial charge in [0.25, 0.3) is 0 Å². The van der Waals surface area contributed by atoms with Crippen molar-refractivity contribution < 1.29 is 14.3 Å². The first-order valence-corrected chi connectivity index (χ1v) is 16.6. The molecule has 0 unspecified atom stereocenters. The van der Waals surface area contributed by atoms with Crippen LogP contribution in [0.4, 0.5) is 5.69 Å². The number of aromatic amines is 1. The average Bonchev–Trinajstić information content (AvgIpc) is 3.43. The molecule has 0 atom stereocenters. The maximum Gasteiger partial charge on any atom is 0.305 e. The Morgan fingerprint density at radius 2 is 1.33 bits per heavy atom. The Bertz CT molecular complexity index is 1460. The van der Waals surface area contributed by atoms with E-state index < -0.39 is 0 Å². The molecule has 0 spiro atoms. The Hall–Kier alpha value is -4.12. The Kier molecular flexibility index (Phi) is 12.2. The Labute approximate surface area is 269 Å². The van der Waals surface area contributed by atoms with E-state index in [0.29, 0.717) is 48.8 Å². The van der Waals surface area contributed by atoms with E-state index in [4.69, 9.17) is 4.74 Å². The molecule has 1 heterocycles. The minimum absolute atomic E-state index is 0.00400. The second kappa shape index (κ2) is 16.3. The second-order valence-corrected chi connectivity index (χ2v) is 12.9. The molecule has 4 rings (SSSR count). The maximum absolute atomic E-state index is 13.6. The monoisotopic (exact) mass is 606 g/mol. The lowest BCUT2D eigenvalue weighted by Crippen LogP contribution is -2.13. The van der Waals surface area contributed by atoms with Crippen LogP contribution in [0.3, 0.4) is 0 Å². The molecule has 5 nitrogen and oxygen atoms in total. The van der Waals surface area contributed by atoms with Gasteiger partial charge in [-0.15, -0.1) is 0 Å². The summed E-state index contributed by atoms with van der Waals surface area (Å²) in [7, 11) is 0. The molecular weight excluding hydrogens is 556 g/mol. The molecule has 0 aliphatic carbocycles. The first-order valence-electron chi connectivity index (χ1n) is 16.6. The van der Waals surface area contributed by atoms with Crippen LogP contribution in [0, 0.1) is 11.8 Å². The third-order valence-electron chi connectivity index (χ3n) is 8.06. The molecule has 0 aliphatic heterocycles. The fourth-order valence-electron chi connectivity index (χ4n) is 5.87. The van der Waals surface area contributed by atoms with Crippen molar-refractivity contribution in [2.45, 2.75) is 86.1 Å². The number of hydrogen-bond donors (Lipinski definition) is 2. The molecule has 4 aromatic rings. The van der Waals surface area contributed by atoms with Crippen LogP contribution >= 0.6 is 0 Å². The summed E-state index contributed by atoms with van der Waals surface area (Å²) >= 11 is 0. The number of aryl methyl sites for hydroxylation is 2. The fraction of sp³-hybridized carbons (Fsp3) is 0.400. The predicted octanol–water partition coefficient (Wildman–Crippen LogP) is 9.29. The van der Waals surface area contributed by atoms with Crippen molar-refractivity contribution in [3.63, 3.8) is 0 Å². The number of aromatic nitrogens is 1. The SMILES string of the molecule is CCOC(=O)CCCc1cc(C(=O)c2ccc(NC(c3ccc(CC(C)C)cc3)c3ccc(CC(C)C)cc3)cc2)c(CC)[nH]1. The fourth-order valence-corrected chi connectivity index (χ4v) is 5.87. The molecule has 0 fully saturated rings. The highest BCUT2D eigenvalue weighted by Gasteiger charge is 2.18. The highest BCUT2D eigenvalue weighted by Crippen LogP contribution is 2.29. The quantitative estimate of drug-likeness (QED) is 0.0985. The molecular formula is C40H50N2O3. The summed E-state index contributed by atoms with van der Waals surface area (Å²) in [6.07, 6.45) is 4.60. The van der Waals surface area contributed by atoms with Crippen LogP contribution in [0.25, 0.3) is 0 Å². The number of ether oxygens (including phenoxy) is 1. The molecule has 3 aromatic carbocycles. The van der Waals surface area contributed by atoms with Crippen molar-refractivity contribution in [3.8, 4) is 0 Å². The average molecular weight is 607 g/mol. The number of nitrogens with one attached hydrogen (secondary N) is 2. The van der Waals surface area contributed by atoms with E-state index in [9.17, 15) is 9.59 Å². The molecule has 0 saturated heterocycles. The number of rotatable bonds is 16. The van der Waals surface area contributed by atoms with Crippen molar-refractivity contribution in [1.29, 1.82) is 0 Å². The van der Waals surface area contributed by atoms with Gasteiger partial charge >= 0.3 is 5.97 Å². The second-order valence-electron chi connectivity index (χ2n) is 12.9. The number of ketones is 1. The first kappa shape index (κ1) is 33.8. The lowest BCUT2D eigenvalue weighted by atomic mass is 9.93. The van der Waals surface area contributed by atoms with Crippen LogP contribution in [-0.4, -0.2) is 23.3 Å². The minimum atomic E-state index is -0.182. The predicted molar refractivity (Wildman–Crippen MR) is 185 cm³/mol. The van der Waals surface area contributed by atoms with Gasteiger partial charge in [0, 0.05) is 34.6 Å². The summed E-state index contributed by atoms with van der Waals surface area (Å²) in [6.45, 7) is 13.2. The first-order chi connectivity index (χ1) is 21.7. The number of hydrogen-bond acceptors (Lipinski definition) is 4. The highest BCUT2D eigenvalue weighted by atomic mass is 16.5. The van der Waals surface area contributed by atoms with Crippen LogP contribution in [0.2, 0.25) is 0 Å². The van der Waals surface area contributed by atoms with Gasteiger partial charge in [0.15, 0.2) is 5.78 Å². The standard InChI is InChI=1S/C40H50N2O3/c1-7-37-36(26-35(41-37)10-9-11-38(43)45-8-2)40(44)33-20-22-34(23-21-33)42-39(31-16-12-29(13-17-31)24-27(3)4)32-18-14-30(15-19-32)25-28(5)6/h12-23,26-28,39,41-42H,7-11,24-25H2,1-6H3. The summed E-state index contributed by atoms with van der Waals surface area (Å²) in [5.74, 6) is 1.05. The number of anilines is 1. The van der Waals surface area contributed by atoms with E-state index in [0.717, 1.165) is 36.3 Å². The van der Waals surface area contributed by atoms with Crippen LogP contribution in [0.1, 0.15) is 110 Å². The Morgan fingerprint density at radius 3 is 1.82 bits per heavy atom. The summed E-state index contributed by atoms with van der Waals surface area (Å²) in [5, 5.41) is 3.75. The molecule has 45 heavy (non-hydrogen) atoms. The van der Waals surface area contributed by atoms with Gasteiger partial charge in [-0.1, -0.05) is 83.1 Å². The van der Waals surface area contributed by atoms with Gasteiger partial charge < -0.3 is 15.0 Å².